The predicted molar refractivity (Wildman–Crippen MR) is 82.6 cm³/mol. The fraction of sp³-hybridized carbons (Fsp3) is 0.750. The molecule has 2 rings (SSSR count). The molecule has 1 aliphatic rings. The molecule has 0 saturated heterocycles. The van der Waals surface area contributed by atoms with Crippen LogP contribution in [0.3, 0.4) is 0 Å². The van der Waals surface area contributed by atoms with Crippen LogP contribution in [0.5, 0.6) is 0 Å². The van der Waals surface area contributed by atoms with Crippen LogP contribution in [-0.2, 0) is 4.74 Å². The minimum Gasteiger partial charge on any atom is -0.368 e. The van der Waals surface area contributed by atoms with Crippen LogP contribution in [0.15, 0.2) is 12.1 Å². The summed E-state index contributed by atoms with van der Waals surface area (Å²) in [6.07, 6.45) is 6.87. The summed E-state index contributed by atoms with van der Waals surface area (Å²) in [5.41, 5.74) is 6.16. The molecule has 0 aliphatic heterocycles. The van der Waals surface area contributed by atoms with Crippen molar-refractivity contribution in [1.82, 2.24) is 0 Å². The Kier molecular flexibility index (Phi) is 5.43. The molecule has 1 fully saturated rings. The third-order valence-corrected chi connectivity index (χ3v) is 5.27. The van der Waals surface area contributed by atoms with Gasteiger partial charge in [0.05, 0.1) is 6.10 Å². The Hall–Kier alpha value is -0.380. The minimum atomic E-state index is 0.0532. The molecule has 1 aromatic rings. The summed E-state index contributed by atoms with van der Waals surface area (Å²) in [4.78, 5) is 2.62. The maximum Gasteiger partial charge on any atom is 0.107 e. The highest BCUT2D eigenvalue weighted by Gasteiger charge is 2.29. The molecule has 1 heterocycles. The molecule has 0 amide bonds. The lowest BCUT2D eigenvalue weighted by Crippen LogP contribution is -2.34. The van der Waals surface area contributed by atoms with Crippen molar-refractivity contribution in [3.63, 3.8) is 0 Å². The van der Waals surface area contributed by atoms with Crippen molar-refractivity contribution >= 4 is 11.3 Å². The van der Waals surface area contributed by atoms with Crippen molar-refractivity contribution in [2.75, 3.05) is 0 Å². The Labute approximate surface area is 121 Å². The van der Waals surface area contributed by atoms with Crippen LogP contribution in [0.1, 0.15) is 61.8 Å². The molecule has 4 atom stereocenters. The number of ether oxygens (including phenoxy) is 1. The Morgan fingerprint density at radius 2 is 2.11 bits per heavy atom. The van der Waals surface area contributed by atoms with Crippen molar-refractivity contribution in [1.29, 1.82) is 0 Å². The zero-order chi connectivity index (χ0) is 13.8. The van der Waals surface area contributed by atoms with Gasteiger partial charge in [-0.25, -0.2) is 0 Å². The molecular formula is C16H27NOS. The summed E-state index contributed by atoms with van der Waals surface area (Å²) >= 11 is 1.82. The van der Waals surface area contributed by atoms with Gasteiger partial charge in [0, 0.05) is 15.8 Å². The van der Waals surface area contributed by atoms with Gasteiger partial charge in [-0.15, -0.1) is 11.3 Å². The van der Waals surface area contributed by atoms with E-state index in [9.17, 15) is 0 Å². The van der Waals surface area contributed by atoms with Crippen LogP contribution in [-0.4, -0.2) is 12.1 Å². The number of hydrogen-bond donors (Lipinski definition) is 1. The minimum absolute atomic E-state index is 0.0532. The van der Waals surface area contributed by atoms with Gasteiger partial charge in [-0.2, -0.15) is 0 Å². The van der Waals surface area contributed by atoms with Crippen molar-refractivity contribution < 1.29 is 4.74 Å². The van der Waals surface area contributed by atoms with Gasteiger partial charge >= 0.3 is 0 Å². The standard InChI is InChI=1S/C16H27NOS/c1-4-13-7-5-6-8-14(13)18-16(12(3)17)15-10-9-11(2)19-15/h9-10,12-14,16H,4-8,17H2,1-3H3. The highest BCUT2D eigenvalue weighted by atomic mass is 32.1. The van der Waals surface area contributed by atoms with E-state index in [1.807, 2.05) is 11.3 Å². The molecule has 2 N–H and O–H groups in total. The first-order valence-corrected chi connectivity index (χ1v) is 8.40. The summed E-state index contributed by atoms with van der Waals surface area (Å²) in [6, 6.07) is 4.40. The van der Waals surface area contributed by atoms with E-state index in [2.05, 4.69) is 32.9 Å². The maximum absolute atomic E-state index is 6.44. The van der Waals surface area contributed by atoms with Crippen LogP contribution in [0, 0.1) is 12.8 Å². The number of thiophene rings is 1. The molecule has 1 saturated carbocycles. The zero-order valence-electron chi connectivity index (χ0n) is 12.4. The Morgan fingerprint density at radius 3 is 2.68 bits per heavy atom. The zero-order valence-corrected chi connectivity index (χ0v) is 13.2. The second-order valence-electron chi connectivity index (χ2n) is 5.86. The van der Waals surface area contributed by atoms with E-state index in [4.69, 9.17) is 10.5 Å². The molecule has 4 unspecified atom stereocenters. The van der Waals surface area contributed by atoms with Crippen LogP contribution < -0.4 is 5.73 Å². The summed E-state index contributed by atoms with van der Waals surface area (Å²) in [6.45, 7) is 6.48. The Morgan fingerprint density at radius 1 is 1.37 bits per heavy atom. The van der Waals surface area contributed by atoms with E-state index in [0.29, 0.717) is 6.10 Å². The van der Waals surface area contributed by atoms with Gasteiger partial charge in [-0.1, -0.05) is 26.2 Å². The van der Waals surface area contributed by atoms with Crippen LogP contribution in [0.25, 0.3) is 0 Å². The molecule has 0 bridgehead atoms. The second kappa shape index (κ2) is 6.87. The number of hydrogen-bond acceptors (Lipinski definition) is 3. The normalized spacial score (nSPS) is 27.2. The maximum atomic E-state index is 6.44. The first-order valence-electron chi connectivity index (χ1n) is 7.59. The molecule has 3 heteroatoms. The van der Waals surface area contributed by atoms with Gasteiger partial charge in [0.2, 0.25) is 0 Å². The SMILES string of the molecule is CCC1CCCCC1OC(c1ccc(C)s1)C(C)N. The van der Waals surface area contributed by atoms with Crippen LogP contribution >= 0.6 is 11.3 Å². The second-order valence-corrected chi connectivity index (χ2v) is 7.17. The summed E-state index contributed by atoms with van der Waals surface area (Å²) in [5, 5.41) is 0. The third kappa shape index (κ3) is 3.80. The van der Waals surface area contributed by atoms with Crippen LogP contribution in [0.2, 0.25) is 0 Å². The van der Waals surface area contributed by atoms with E-state index < -0.39 is 0 Å². The lowest BCUT2D eigenvalue weighted by molar-refractivity contribution is -0.0686. The molecule has 1 aromatic heterocycles. The van der Waals surface area contributed by atoms with Gasteiger partial charge in [0.15, 0.2) is 0 Å². The largest absolute Gasteiger partial charge is 0.368 e. The topological polar surface area (TPSA) is 35.2 Å². The molecular weight excluding hydrogens is 254 g/mol. The van der Waals surface area contributed by atoms with Gasteiger partial charge in [-0.3, -0.25) is 0 Å². The van der Waals surface area contributed by atoms with E-state index in [-0.39, 0.29) is 12.1 Å². The third-order valence-electron chi connectivity index (χ3n) is 4.20. The fourth-order valence-corrected chi connectivity index (χ4v) is 4.09. The van der Waals surface area contributed by atoms with E-state index in [1.165, 1.54) is 41.9 Å². The smallest absolute Gasteiger partial charge is 0.107 e. The number of nitrogens with two attached hydrogens (primary N) is 1. The van der Waals surface area contributed by atoms with Gasteiger partial charge < -0.3 is 10.5 Å². The summed E-state index contributed by atoms with van der Waals surface area (Å²) < 4.78 is 6.44. The first kappa shape index (κ1) is 15.0. The molecule has 0 spiro atoms. The molecule has 2 nitrogen and oxygen atoms in total. The van der Waals surface area contributed by atoms with Crippen molar-refractivity contribution in [2.24, 2.45) is 11.7 Å². The van der Waals surface area contributed by atoms with Crippen LogP contribution in [0.4, 0.5) is 0 Å². The molecule has 0 radical (unpaired) electrons. The number of rotatable bonds is 5. The highest BCUT2D eigenvalue weighted by molar-refractivity contribution is 7.12. The van der Waals surface area contributed by atoms with E-state index >= 15 is 0 Å². The van der Waals surface area contributed by atoms with Gasteiger partial charge in [-0.05, 0) is 44.7 Å². The first-order chi connectivity index (χ1) is 9.11. The average Bonchev–Trinajstić information content (AvgIpc) is 2.82. The van der Waals surface area contributed by atoms with Gasteiger partial charge in [0.1, 0.15) is 6.10 Å². The van der Waals surface area contributed by atoms with Crippen molar-refractivity contribution in [3.05, 3.63) is 21.9 Å². The number of aryl methyl sites for hydroxylation is 1. The van der Waals surface area contributed by atoms with E-state index in [1.54, 1.807) is 0 Å². The lowest BCUT2D eigenvalue weighted by atomic mass is 9.84. The average molecular weight is 281 g/mol. The predicted octanol–water partition coefficient (Wildman–Crippen LogP) is 4.43. The molecule has 19 heavy (non-hydrogen) atoms. The van der Waals surface area contributed by atoms with Crippen molar-refractivity contribution in [3.8, 4) is 0 Å². The molecule has 108 valence electrons. The molecule has 1 aliphatic carbocycles. The summed E-state index contributed by atoms with van der Waals surface area (Å²) in [7, 11) is 0. The van der Waals surface area contributed by atoms with Gasteiger partial charge in [0.25, 0.3) is 0 Å². The highest BCUT2D eigenvalue weighted by Crippen LogP contribution is 2.35. The Balaban J connectivity index is 2.07. The monoisotopic (exact) mass is 281 g/mol. The van der Waals surface area contributed by atoms with E-state index in [0.717, 1.165) is 5.92 Å². The molecule has 0 aromatic carbocycles. The lowest BCUT2D eigenvalue weighted by Gasteiger charge is -2.35. The fourth-order valence-electron chi connectivity index (χ4n) is 3.06. The summed E-state index contributed by atoms with van der Waals surface area (Å²) in [5.74, 6) is 0.719. The quantitative estimate of drug-likeness (QED) is 0.866. The van der Waals surface area contributed by atoms with Crippen molar-refractivity contribution in [2.45, 2.75) is 71.1 Å². The Bertz CT molecular complexity index is 388.